The summed E-state index contributed by atoms with van der Waals surface area (Å²) in [5.74, 6) is 0. The third-order valence-corrected chi connectivity index (χ3v) is 7.94. The Morgan fingerprint density at radius 1 is 1.19 bits per heavy atom. The Morgan fingerprint density at radius 3 is 2.50 bits per heavy atom. The lowest BCUT2D eigenvalue weighted by Crippen LogP contribution is -2.34. The van der Waals surface area contributed by atoms with E-state index in [4.69, 9.17) is 0 Å². The van der Waals surface area contributed by atoms with Crippen LogP contribution in [0.25, 0.3) is 0 Å². The first-order valence-electron chi connectivity index (χ1n) is 5.99. The van der Waals surface area contributed by atoms with Gasteiger partial charge in [-0.05, 0) is 23.1 Å². The summed E-state index contributed by atoms with van der Waals surface area (Å²) in [7, 11) is -1.28. The minimum atomic E-state index is -1.28. The molecule has 0 saturated carbocycles. The van der Waals surface area contributed by atoms with Crippen LogP contribution >= 0.6 is 0 Å². The zero-order valence-corrected chi connectivity index (χ0v) is 11.2. The van der Waals surface area contributed by atoms with E-state index in [1.54, 1.807) is 0 Å². The van der Waals surface area contributed by atoms with Gasteiger partial charge in [0.25, 0.3) is 0 Å². The molecule has 1 unspecified atom stereocenters. The third-order valence-electron chi connectivity index (χ3n) is 3.76. The topological polar surface area (TPSA) is 0 Å². The highest BCUT2D eigenvalue weighted by atomic mass is 28.3. The maximum Gasteiger partial charge on any atom is 0.0699 e. The molecule has 0 aromatic heterocycles. The Labute approximate surface area is 99.8 Å². The van der Waals surface area contributed by atoms with Gasteiger partial charge in [0.15, 0.2) is 0 Å². The molecule has 0 aliphatic heterocycles. The summed E-state index contributed by atoms with van der Waals surface area (Å²) in [6.45, 7) is 8.78. The van der Waals surface area contributed by atoms with Crippen LogP contribution in [-0.4, -0.2) is 8.07 Å². The molecule has 0 heterocycles. The van der Waals surface area contributed by atoms with Crippen LogP contribution in [0.4, 0.5) is 0 Å². The summed E-state index contributed by atoms with van der Waals surface area (Å²) >= 11 is 0. The predicted molar refractivity (Wildman–Crippen MR) is 75.3 cm³/mol. The monoisotopic (exact) mass is 228 g/mol. The zero-order chi connectivity index (χ0) is 11.6. The first-order chi connectivity index (χ1) is 7.64. The van der Waals surface area contributed by atoms with Gasteiger partial charge in [-0.25, -0.2) is 0 Å². The molecular weight excluding hydrogens is 208 g/mol. The fourth-order valence-electron chi connectivity index (χ4n) is 2.48. The van der Waals surface area contributed by atoms with E-state index in [9.17, 15) is 0 Å². The van der Waals surface area contributed by atoms with Crippen LogP contribution in [-0.2, 0) is 0 Å². The maximum atomic E-state index is 3.80. The molecule has 0 fully saturated rings. The van der Waals surface area contributed by atoms with Gasteiger partial charge in [-0.15, -0.1) is 6.58 Å². The SMILES string of the molecule is C=CCC1=CC([Si](C)(C)C2C=CC=C2)C=C1. The molecule has 2 rings (SSSR count). The lowest BCUT2D eigenvalue weighted by molar-refractivity contribution is 1.16. The molecule has 0 saturated heterocycles. The quantitative estimate of drug-likeness (QED) is 0.486. The van der Waals surface area contributed by atoms with Crippen molar-refractivity contribution in [1.82, 2.24) is 0 Å². The van der Waals surface area contributed by atoms with Gasteiger partial charge >= 0.3 is 0 Å². The van der Waals surface area contributed by atoms with Crippen LogP contribution in [0.15, 0.2) is 60.8 Å². The smallest absolute Gasteiger partial charge is 0.0699 e. The molecule has 2 aliphatic carbocycles. The normalized spacial score (nSPS) is 24.1. The van der Waals surface area contributed by atoms with Crippen molar-refractivity contribution in [3.05, 3.63) is 60.8 Å². The summed E-state index contributed by atoms with van der Waals surface area (Å²) < 4.78 is 0. The third kappa shape index (κ3) is 2.05. The van der Waals surface area contributed by atoms with Gasteiger partial charge in [0.1, 0.15) is 0 Å². The van der Waals surface area contributed by atoms with Gasteiger partial charge in [0.05, 0.1) is 8.07 Å². The average molecular weight is 228 g/mol. The Kier molecular flexibility index (Phi) is 3.15. The van der Waals surface area contributed by atoms with E-state index in [1.165, 1.54) is 5.57 Å². The lowest BCUT2D eigenvalue weighted by Gasteiger charge is -2.31. The van der Waals surface area contributed by atoms with Crippen molar-refractivity contribution in [3.63, 3.8) is 0 Å². The van der Waals surface area contributed by atoms with Crippen molar-refractivity contribution in [2.75, 3.05) is 0 Å². The highest BCUT2D eigenvalue weighted by molar-refractivity contribution is 6.82. The van der Waals surface area contributed by atoms with Crippen LogP contribution in [0.1, 0.15) is 6.42 Å². The van der Waals surface area contributed by atoms with E-state index >= 15 is 0 Å². The van der Waals surface area contributed by atoms with Crippen molar-refractivity contribution < 1.29 is 0 Å². The molecular formula is C15H20Si. The molecule has 0 aromatic carbocycles. The molecule has 0 N–H and O–H groups in total. The molecule has 0 radical (unpaired) electrons. The molecule has 1 atom stereocenters. The van der Waals surface area contributed by atoms with E-state index in [-0.39, 0.29) is 0 Å². The largest absolute Gasteiger partial charge is 0.103 e. The summed E-state index contributed by atoms with van der Waals surface area (Å²) in [6.07, 6.45) is 19.2. The molecule has 0 nitrogen and oxygen atoms in total. The molecule has 2 aliphatic rings. The second kappa shape index (κ2) is 4.42. The fraction of sp³-hybridized carbons (Fsp3) is 0.333. The summed E-state index contributed by atoms with van der Waals surface area (Å²) in [5, 5.41) is 0. The zero-order valence-electron chi connectivity index (χ0n) is 10.2. The van der Waals surface area contributed by atoms with Gasteiger partial charge in [0, 0.05) is 0 Å². The van der Waals surface area contributed by atoms with Crippen molar-refractivity contribution in [2.45, 2.75) is 30.6 Å². The number of allylic oxidation sites excluding steroid dienone is 9. The summed E-state index contributed by atoms with van der Waals surface area (Å²) in [5.41, 5.74) is 2.81. The first-order valence-corrected chi connectivity index (χ1v) is 9.15. The van der Waals surface area contributed by atoms with E-state index in [1.807, 2.05) is 6.08 Å². The number of hydrogen-bond donors (Lipinski definition) is 0. The van der Waals surface area contributed by atoms with Crippen LogP contribution < -0.4 is 0 Å². The molecule has 0 amide bonds. The molecule has 16 heavy (non-hydrogen) atoms. The Hall–Kier alpha value is -1.08. The van der Waals surface area contributed by atoms with Crippen LogP contribution in [0.5, 0.6) is 0 Å². The highest BCUT2D eigenvalue weighted by Crippen LogP contribution is 2.41. The standard InChI is InChI=1S/C15H20Si/c1-4-7-13-10-11-15(12-13)16(2,3)14-8-5-6-9-14/h4-6,8-12,14-15H,1,7H2,2-3H3. The summed E-state index contributed by atoms with van der Waals surface area (Å²) in [4.78, 5) is 0. The van der Waals surface area contributed by atoms with Gasteiger partial charge in [0.2, 0.25) is 0 Å². The van der Waals surface area contributed by atoms with Crippen molar-refractivity contribution in [3.8, 4) is 0 Å². The van der Waals surface area contributed by atoms with Gasteiger partial charge in [-0.3, -0.25) is 0 Å². The average Bonchev–Trinajstić information content (AvgIpc) is 2.88. The van der Waals surface area contributed by atoms with Crippen LogP contribution in [0.2, 0.25) is 24.2 Å². The Balaban J connectivity index is 2.14. The van der Waals surface area contributed by atoms with Gasteiger partial charge in [-0.2, -0.15) is 0 Å². The highest BCUT2D eigenvalue weighted by Gasteiger charge is 2.36. The molecule has 0 aromatic rings. The Morgan fingerprint density at radius 2 is 1.88 bits per heavy atom. The fourth-order valence-corrected chi connectivity index (χ4v) is 5.38. The van der Waals surface area contributed by atoms with E-state index in [0.29, 0.717) is 11.1 Å². The minimum absolute atomic E-state index is 0.680. The van der Waals surface area contributed by atoms with Crippen LogP contribution in [0, 0.1) is 0 Å². The first kappa shape index (κ1) is 11.4. The minimum Gasteiger partial charge on any atom is -0.103 e. The maximum absolute atomic E-state index is 3.80. The molecule has 84 valence electrons. The molecule has 0 spiro atoms. The predicted octanol–water partition coefficient (Wildman–Crippen LogP) is 4.63. The van der Waals surface area contributed by atoms with Crippen LogP contribution in [0.3, 0.4) is 0 Å². The van der Waals surface area contributed by atoms with Crippen molar-refractivity contribution >= 4 is 8.07 Å². The van der Waals surface area contributed by atoms with E-state index in [2.05, 4.69) is 62.2 Å². The van der Waals surface area contributed by atoms with Gasteiger partial charge in [-0.1, -0.05) is 61.7 Å². The lowest BCUT2D eigenvalue weighted by atomic mass is 10.2. The number of hydrogen-bond acceptors (Lipinski definition) is 0. The van der Waals surface area contributed by atoms with E-state index in [0.717, 1.165) is 6.42 Å². The summed E-state index contributed by atoms with van der Waals surface area (Å²) in [6, 6.07) is 0. The van der Waals surface area contributed by atoms with Crippen molar-refractivity contribution in [2.24, 2.45) is 0 Å². The number of rotatable bonds is 4. The second-order valence-electron chi connectivity index (χ2n) is 5.24. The second-order valence-corrected chi connectivity index (χ2v) is 10.2. The van der Waals surface area contributed by atoms with E-state index < -0.39 is 8.07 Å². The molecule has 0 bridgehead atoms. The van der Waals surface area contributed by atoms with Gasteiger partial charge < -0.3 is 0 Å². The van der Waals surface area contributed by atoms with Crippen molar-refractivity contribution in [1.29, 1.82) is 0 Å². The molecule has 1 heteroatoms. The Bertz CT molecular complexity index is 382.